The molecule has 0 unspecified atom stereocenters. The van der Waals surface area contributed by atoms with Crippen LogP contribution < -0.4 is 10.1 Å². The van der Waals surface area contributed by atoms with Crippen molar-refractivity contribution in [3.8, 4) is 5.75 Å². The molecule has 92 valence electrons. The van der Waals surface area contributed by atoms with Crippen molar-refractivity contribution in [2.24, 2.45) is 0 Å². The third kappa shape index (κ3) is 3.56. The lowest BCUT2D eigenvalue weighted by molar-refractivity contribution is -0.116. The molecule has 1 heterocycles. The molecule has 0 amide bonds. The highest BCUT2D eigenvalue weighted by molar-refractivity contribution is 5.77. The van der Waals surface area contributed by atoms with Crippen molar-refractivity contribution in [2.45, 2.75) is 26.2 Å². The van der Waals surface area contributed by atoms with Gasteiger partial charge in [-0.25, -0.2) is 0 Å². The van der Waals surface area contributed by atoms with Gasteiger partial charge in [-0.1, -0.05) is 12.1 Å². The third-order valence-electron chi connectivity index (χ3n) is 2.94. The zero-order valence-electron chi connectivity index (χ0n) is 10.3. The minimum atomic E-state index is 0.184. The number of benzene rings is 1. The second kappa shape index (κ2) is 5.82. The molecule has 0 saturated heterocycles. The van der Waals surface area contributed by atoms with Crippen molar-refractivity contribution in [3.05, 3.63) is 29.3 Å². The predicted octanol–water partition coefficient (Wildman–Crippen LogP) is 1.73. The zero-order valence-corrected chi connectivity index (χ0v) is 10.3. The molecule has 0 bridgehead atoms. The smallest absolute Gasteiger partial charge is 0.143 e. The fourth-order valence-electron chi connectivity index (χ4n) is 2.07. The molecule has 1 aliphatic heterocycles. The topological polar surface area (TPSA) is 38.3 Å². The van der Waals surface area contributed by atoms with Crippen molar-refractivity contribution >= 4 is 5.78 Å². The van der Waals surface area contributed by atoms with Gasteiger partial charge in [-0.15, -0.1) is 0 Å². The van der Waals surface area contributed by atoms with E-state index >= 15 is 0 Å². The van der Waals surface area contributed by atoms with Gasteiger partial charge in [0, 0.05) is 0 Å². The van der Waals surface area contributed by atoms with Crippen LogP contribution in [0.15, 0.2) is 18.2 Å². The van der Waals surface area contributed by atoms with Crippen LogP contribution in [0.25, 0.3) is 0 Å². The number of hydrogen-bond donors (Lipinski definition) is 1. The summed E-state index contributed by atoms with van der Waals surface area (Å²) in [5, 5.41) is 3.13. The van der Waals surface area contributed by atoms with E-state index in [1.54, 1.807) is 6.92 Å². The van der Waals surface area contributed by atoms with Crippen molar-refractivity contribution in [1.29, 1.82) is 0 Å². The fraction of sp³-hybridized carbons (Fsp3) is 0.500. The molecule has 0 aliphatic carbocycles. The SMILES string of the molecule is CC(=O)CNCCc1ccc2c(c1)CCCO2. The summed E-state index contributed by atoms with van der Waals surface area (Å²) in [6.45, 7) is 3.75. The van der Waals surface area contributed by atoms with Crippen molar-refractivity contribution in [2.75, 3.05) is 19.7 Å². The Morgan fingerprint density at radius 3 is 3.18 bits per heavy atom. The monoisotopic (exact) mass is 233 g/mol. The van der Waals surface area contributed by atoms with Crippen LogP contribution in [0.3, 0.4) is 0 Å². The molecule has 2 rings (SSSR count). The van der Waals surface area contributed by atoms with Crippen molar-refractivity contribution < 1.29 is 9.53 Å². The first kappa shape index (κ1) is 12.1. The lowest BCUT2D eigenvalue weighted by Gasteiger charge is -2.17. The third-order valence-corrected chi connectivity index (χ3v) is 2.94. The molecular weight excluding hydrogens is 214 g/mol. The molecule has 0 saturated carbocycles. The van der Waals surface area contributed by atoms with E-state index in [0.717, 1.165) is 38.2 Å². The quantitative estimate of drug-likeness (QED) is 0.787. The summed E-state index contributed by atoms with van der Waals surface area (Å²) in [5.74, 6) is 1.22. The Kier molecular flexibility index (Phi) is 4.15. The largest absolute Gasteiger partial charge is 0.493 e. The van der Waals surface area contributed by atoms with Gasteiger partial charge in [0.05, 0.1) is 13.2 Å². The normalized spacial score (nSPS) is 13.9. The van der Waals surface area contributed by atoms with E-state index in [-0.39, 0.29) is 5.78 Å². The first-order chi connectivity index (χ1) is 8.25. The Morgan fingerprint density at radius 2 is 2.35 bits per heavy atom. The number of carbonyl (C=O) groups excluding carboxylic acids is 1. The number of ketones is 1. The molecule has 3 nitrogen and oxygen atoms in total. The van der Waals surface area contributed by atoms with Gasteiger partial charge in [-0.05, 0) is 49.9 Å². The first-order valence-corrected chi connectivity index (χ1v) is 6.20. The van der Waals surface area contributed by atoms with Crippen molar-refractivity contribution in [1.82, 2.24) is 5.32 Å². The first-order valence-electron chi connectivity index (χ1n) is 6.20. The van der Waals surface area contributed by atoms with Crippen LogP contribution in [0.2, 0.25) is 0 Å². The van der Waals surface area contributed by atoms with E-state index in [1.165, 1.54) is 11.1 Å². The highest BCUT2D eigenvalue weighted by Gasteiger charge is 2.10. The lowest BCUT2D eigenvalue weighted by Crippen LogP contribution is -2.23. The van der Waals surface area contributed by atoms with Crippen LogP contribution >= 0.6 is 0 Å². The van der Waals surface area contributed by atoms with E-state index in [9.17, 15) is 4.79 Å². The number of rotatable bonds is 5. The maximum Gasteiger partial charge on any atom is 0.143 e. The Bertz CT molecular complexity index is 401. The van der Waals surface area contributed by atoms with Gasteiger partial charge in [0.1, 0.15) is 11.5 Å². The Labute approximate surface area is 102 Å². The number of carbonyl (C=O) groups is 1. The Balaban J connectivity index is 1.86. The molecule has 17 heavy (non-hydrogen) atoms. The van der Waals surface area contributed by atoms with E-state index in [0.29, 0.717) is 6.54 Å². The van der Waals surface area contributed by atoms with Crippen LogP contribution in [0.5, 0.6) is 5.75 Å². The number of hydrogen-bond acceptors (Lipinski definition) is 3. The van der Waals surface area contributed by atoms with Gasteiger partial charge in [-0.3, -0.25) is 4.79 Å². The summed E-state index contributed by atoms with van der Waals surface area (Å²) in [5.41, 5.74) is 2.63. The van der Waals surface area contributed by atoms with Gasteiger partial charge >= 0.3 is 0 Å². The molecule has 3 heteroatoms. The maximum atomic E-state index is 10.8. The summed E-state index contributed by atoms with van der Waals surface area (Å²) >= 11 is 0. The van der Waals surface area contributed by atoms with Crippen LogP contribution in [0, 0.1) is 0 Å². The molecule has 0 spiro atoms. The number of fused-ring (bicyclic) bond motifs is 1. The van der Waals surface area contributed by atoms with Gasteiger partial charge in [0.25, 0.3) is 0 Å². The molecule has 0 aromatic heterocycles. The van der Waals surface area contributed by atoms with Gasteiger partial charge < -0.3 is 10.1 Å². The summed E-state index contributed by atoms with van der Waals surface area (Å²) in [6.07, 6.45) is 3.18. The summed E-state index contributed by atoms with van der Waals surface area (Å²) in [6, 6.07) is 6.40. The highest BCUT2D eigenvalue weighted by atomic mass is 16.5. The minimum absolute atomic E-state index is 0.184. The zero-order chi connectivity index (χ0) is 12.1. The van der Waals surface area contributed by atoms with Gasteiger partial charge in [0.2, 0.25) is 0 Å². The van der Waals surface area contributed by atoms with E-state index in [4.69, 9.17) is 4.74 Å². The number of aryl methyl sites for hydroxylation is 1. The number of nitrogens with one attached hydrogen (secondary N) is 1. The maximum absolute atomic E-state index is 10.8. The second-order valence-corrected chi connectivity index (χ2v) is 4.52. The standard InChI is InChI=1S/C14H19NO2/c1-11(16)10-15-7-6-12-4-5-14-13(9-12)3-2-8-17-14/h4-5,9,15H,2-3,6-8,10H2,1H3. The van der Waals surface area contributed by atoms with Crippen LogP contribution in [0.4, 0.5) is 0 Å². The Hall–Kier alpha value is -1.35. The second-order valence-electron chi connectivity index (χ2n) is 4.52. The van der Waals surface area contributed by atoms with Crippen LogP contribution in [-0.4, -0.2) is 25.5 Å². The minimum Gasteiger partial charge on any atom is -0.493 e. The molecule has 1 aromatic rings. The highest BCUT2D eigenvalue weighted by Crippen LogP contribution is 2.25. The average molecular weight is 233 g/mol. The molecule has 0 fully saturated rings. The van der Waals surface area contributed by atoms with Crippen molar-refractivity contribution in [3.63, 3.8) is 0 Å². The van der Waals surface area contributed by atoms with E-state index < -0.39 is 0 Å². The molecular formula is C14H19NO2. The van der Waals surface area contributed by atoms with Crippen LogP contribution in [-0.2, 0) is 17.6 Å². The molecule has 0 radical (unpaired) electrons. The summed E-state index contributed by atoms with van der Waals surface area (Å²) in [4.78, 5) is 10.8. The fourth-order valence-corrected chi connectivity index (χ4v) is 2.07. The number of ether oxygens (including phenoxy) is 1. The van der Waals surface area contributed by atoms with Gasteiger partial charge in [0.15, 0.2) is 0 Å². The van der Waals surface area contributed by atoms with Gasteiger partial charge in [-0.2, -0.15) is 0 Å². The van der Waals surface area contributed by atoms with E-state index in [2.05, 4.69) is 23.5 Å². The number of Topliss-reactive ketones (excluding diaryl/α,β-unsaturated/α-hetero) is 1. The molecule has 1 N–H and O–H groups in total. The molecule has 0 atom stereocenters. The lowest BCUT2D eigenvalue weighted by atomic mass is 10.0. The summed E-state index contributed by atoms with van der Waals surface area (Å²) < 4.78 is 5.58. The molecule has 1 aliphatic rings. The van der Waals surface area contributed by atoms with E-state index in [1.807, 2.05) is 0 Å². The average Bonchev–Trinajstić information content (AvgIpc) is 2.34. The summed E-state index contributed by atoms with van der Waals surface area (Å²) in [7, 11) is 0. The predicted molar refractivity (Wildman–Crippen MR) is 67.5 cm³/mol. The Morgan fingerprint density at radius 1 is 1.47 bits per heavy atom. The van der Waals surface area contributed by atoms with Crippen LogP contribution in [0.1, 0.15) is 24.5 Å². The molecule has 1 aromatic carbocycles.